The number of amides is 1. The summed E-state index contributed by atoms with van der Waals surface area (Å²) in [6.07, 6.45) is 0. The van der Waals surface area contributed by atoms with E-state index in [1.807, 2.05) is 13.8 Å². The lowest BCUT2D eigenvalue weighted by molar-refractivity contribution is -0.116. The molecule has 1 rings (SSSR count). The van der Waals surface area contributed by atoms with Crippen molar-refractivity contribution in [3.8, 4) is 5.75 Å². The Kier molecular flexibility index (Phi) is 4.92. The van der Waals surface area contributed by atoms with Crippen molar-refractivity contribution in [1.29, 1.82) is 0 Å². The highest BCUT2D eigenvalue weighted by atomic mass is 35.5. The Labute approximate surface area is 115 Å². The van der Waals surface area contributed by atoms with Gasteiger partial charge in [-0.1, -0.05) is 37.0 Å². The van der Waals surface area contributed by atoms with Crippen LogP contribution in [-0.2, 0) is 4.79 Å². The van der Waals surface area contributed by atoms with E-state index in [2.05, 4.69) is 5.32 Å². The molecule has 0 aromatic heterocycles. The van der Waals surface area contributed by atoms with Crippen molar-refractivity contribution in [2.45, 2.75) is 19.2 Å². The smallest absolute Gasteiger partial charge is 0.242 e. The molecule has 0 aliphatic heterocycles. The molecule has 6 heteroatoms. The number of carbonyl (C=O) groups excluding carboxylic acids is 1. The molecular weight excluding hydrogens is 284 g/mol. The highest BCUT2D eigenvalue weighted by molar-refractivity contribution is 6.37. The summed E-state index contributed by atoms with van der Waals surface area (Å²) in [5.41, 5.74) is 0.152. The van der Waals surface area contributed by atoms with Crippen molar-refractivity contribution < 1.29 is 9.90 Å². The van der Waals surface area contributed by atoms with Crippen molar-refractivity contribution >= 4 is 46.4 Å². The number of aromatic hydroxyl groups is 1. The number of hydrogen-bond acceptors (Lipinski definition) is 2. The van der Waals surface area contributed by atoms with E-state index in [9.17, 15) is 9.90 Å². The number of halogens is 3. The molecule has 1 unspecified atom stereocenters. The second kappa shape index (κ2) is 5.80. The minimum absolute atomic E-state index is 0.0199. The molecule has 94 valence electrons. The normalized spacial score (nSPS) is 12.6. The number of hydrogen-bond donors (Lipinski definition) is 2. The summed E-state index contributed by atoms with van der Waals surface area (Å²) in [6.45, 7) is 3.64. The van der Waals surface area contributed by atoms with Crippen molar-refractivity contribution in [2.75, 3.05) is 5.32 Å². The molecule has 1 aromatic carbocycles. The Bertz CT molecular complexity index is 435. The summed E-state index contributed by atoms with van der Waals surface area (Å²) in [5.74, 6) is -0.652. The van der Waals surface area contributed by atoms with E-state index in [0.29, 0.717) is 5.02 Å². The summed E-state index contributed by atoms with van der Waals surface area (Å²) in [5, 5.41) is 11.8. The topological polar surface area (TPSA) is 49.3 Å². The molecule has 2 N–H and O–H groups in total. The van der Waals surface area contributed by atoms with E-state index < -0.39 is 11.3 Å². The largest absolute Gasteiger partial charge is 0.504 e. The van der Waals surface area contributed by atoms with Gasteiger partial charge in [0.25, 0.3) is 0 Å². The minimum atomic E-state index is -0.688. The third-order valence-electron chi connectivity index (χ3n) is 2.12. The fourth-order valence-electron chi connectivity index (χ4n) is 1.17. The van der Waals surface area contributed by atoms with Crippen LogP contribution in [0.15, 0.2) is 12.1 Å². The van der Waals surface area contributed by atoms with Crippen molar-refractivity contribution in [2.24, 2.45) is 5.92 Å². The number of carbonyl (C=O) groups is 1. The lowest BCUT2D eigenvalue weighted by atomic mass is 10.1. The van der Waals surface area contributed by atoms with Gasteiger partial charge in [-0.2, -0.15) is 0 Å². The molecule has 0 spiro atoms. The first-order valence-electron chi connectivity index (χ1n) is 4.96. The number of benzene rings is 1. The Morgan fingerprint density at radius 3 is 2.47 bits per heavy atom. The number of nitrogens with one attached hydrogen (secondary N) is 1. The van der Waals surface area contributed by atoms with Crippen LogP contribution in [0.1, 0.15) is 13.8 Å². The molecule has 3 nitrogen and oxygen atoms in total. The predicted molar refractivity (Wildman–Crippen MR) is 71.2 cm³/mol. The zero-order valence-corrected chi connectivity index (χ0v) is 11.6. The van der Waals surface area contributed by atoms with Crippen LogP contribution in [-0.4, -0.2) is 16.4 Å². The second-order valence-electron chi connectivity index (χ2n) is 3.92. The van der Waals surface area contributed by atoms with E-state index >= 15 is 0 Å². The lowest BCUT2D eigenvalue weighted by Crippen LogP contribution is -2.27. The van der Waals surface area contributed by atoms with Crippen LogP contribution in [0.3, 0.4) is 0 Å². The molecule has 0 aliphatic carbocycles. The molecule has 1 atom stereocenters. The van der Waals surface area contributed by atoms with Crippen LogP contribution in [0.5, 0.6) is 5.75 Å². The highest BCUT2D eigenvalue weighted by Crippen LogP contribution is 2.35. The summed E-state index contributed by atoms with van der Waals surface area (Å²) < 4.78 is 0. The van der Waals surface area contributed by atoms with Gasteiger partial charge in [-0.3, -0.25) is 4.79 Å². The third kappa shape index (κ3) is 3.66. The van der Waals surface area contributed by atoms with E-state index in [0.717, 1.165) is 0 Å². The predicted octanol–water partition coefficient (Wildman–Crippen LogP) is 3.90. The van der Waals surface area contributed by atoms with Crippen LogP contribution < -0.4 is 5.32 Å². The second-order valence-corrected chi connectivity index (χ2v) is 5.23. The fraction of sp³-hybridized carbons (Fsp3) is 0.364. The van der Waals surface area contributed by atoms with Crippen LogP contribution >= 0.6 is 34.8 Å². The van der Waals surface area contributed by atoms with Gasteiger partial charge >= 0.3 is 0 Å². The van der Waals surface area contributed by atoms with Gasteiger partial charge in [-0.05, 0) is 18.1 Å². The average molecular weight is 297 g/mol. The van der Waals surface area contributed by atoms with Crippen LogP contribution in [0, 0.1) is 5.92 Å². The Morgan fingerprint density at radius 2 is 1.94 bits per heavy atom. The summed E-state index contributed by atoms with van der Waals surface area (Å²) in [4.78, 5) is 11.7. The number of phenols is 1. The van der Waals surface area contributed by atoms with E-state index in [-0.39, 0.29) is 22.4 Å². The fourth-order valence-corrected chi connectivity index (χ4v) is 1.71. The Morgan fingerprint density at radius 1 is 1.35 bits per heavy atom. The first kappa shape index (κ1) is 14.4. The van der Waals surface area contributed by atoms with Crippen LogP contribution in [0.2, 0.25) is 10.0 Å². The summed E-state index contributed by atoms with van der Waals surface area (Å²) in [6, 6.07) is 2.79. The molecule has 17 heavy (non-hydrogen) atoms. The molecule has 0 aliphatic rings. The molecular formula is C11H12Cl3NO2. The Hall–Kier alpha value is -0.640. The molecule has 0 fully saturated rings. The van der Waals surface area contributed by atoms with Crippen LogP contribution in [0.4, 0.5) is 5.69 Å². The standard InChI is InChI=1S/C11H12Cl3NO2/c1-5(2)9(14)11(17)15-8-4-6(12)3-7(13)10(8)16/h3-5,9,16H,1-2H3,(H,15,17). The number of rotatable bonds is 3. The highest BCUT2D eigenvalue weighted by Gasteiger charge is 2.20. The number of phenolic OH excluding ortho intramolecular Hbond substituents is 1. The quantitative estimate of drug-likeness (QED) is 0.656. The zero-order chi connectivity index (χ0) is 13.2. The SMILES string of the molecule is CC(C)C(Cl)C(=O)Nc1cc(Cl)cc(Cl)c1O. The van der Waals surface area contributed by atoms with Gasteiger partial charge in [-0.25, -0.2) is 0 Å². The van der Waals surface area contributed by atoms with Gasteiger partial charge in [0.15, 0.2) is 5.75 Å². The van der Waals surface area contributed by atoms with Crippen molar-refractivity contribution in [3.63, 3.8) is 0 Å². The Balaban J connectivity index is 2.92. The first-order valence-corrected chi connectivity index (χ1v) is 6.15. The molecule has 0 bridgehead atoms. The third-order valence-corrected chi connectivity index (χ3v) is 3.33. The number of alkyl halides is 1. The summed E-state index contributed by atoms with van der Waals surface area (Å²) in [7, 11) is 0. The van der Waals surface area contributed by atoms with Gasteiger partial charge in [0.1, 0.15) is 5.38 Å². The molecule has 1 amide bonds. The van der Waals surface area contributed by atoms with E-state index in [1.165, 1.54) is 12.1 Å². The average Bonchev–Trinajstić information content (AvgIpc) is 2.23. The van der Waals surface area contributed by atoms with Crippen LogP contribution in [0.25, 0.3) is 0 Å². The molecule has 0 radical (unpaired) electrons. The molecule has 0 saturated heterocycles. The van der Waals surface area contributed by atoms with Gasteiger partial charge in [0, 0.05) is 5.02 Å². The van der Waals surface area contributed by atoms with Gasteiger partial charge < -0.3 is 10.4 Å². The molecule has 0 heterocycles. The lowest BCUT2D eigenvalue weighted by Gasteiger charge is -2.14. The minimum Gasteiger partial charge on any atom is -0.504 e. The maximum atomic E-state index is 11.7. The van der Waals surface area contributed by atoms with E-state index in [4.69, 9.17) is 34.8 Å². The maximum absolute atomic E-state index is 11.7. The van der Waals surface area contributed by atoms with Crippen molar-refractivity contribution in [3.05, 3.63) is 22.2 Å². The van der Waals surface area contributed by atoms with Gasteiger partial charge in [-0.15, -0.1) is 11.6 Å². The zero-order valence-electron chi connectivity index (χ0n) is 9.30. The molecule has 0 saturated carbocycles. The monoisotopic (exact) mass is 295 g/mol. The van der Waals surface area contributed by atoms with E-state index in [1.54, 1.807) is 0 Å². The van der Waals surface area contributed by atoms with Gasteiger partial charge in [0.2, 0.25) is 5.91 Å². The molecule has 1 aromatic rings. The summed E-state index contributed by atoms with van der Waals surface area (Å²) >= 11 is 17.4. The van der Waals surface area contributed by atoms with Gasteiger partial charge in [0.05, 0.1) is 10.7 Å². The number of anilines is 1. The first-order chi connectivity index (χ1) is 7.82. The maximum Gasteiger partial charge on any atom is 0.242 e. The van der Waals surface area contributed by atoms with Crippen molar-refractivity contribution in [1.82, 2.24) is 0 Å².